The molecule has 1 atom stereocenters. The molecule has 34 heavy (non-hydrogen) atoms. The number of carbonyl (C=O) groups is 1. The van der Waals surface area contributed by atoms with Crippen molar-refractivity contribution in [2.45, 2.75) is 37.9 Å². The highest BCUT2D eigenvalue weighted by Gasteiger charge is 2.18. The smallest absolute Gasteiger partial charge is 0.262 e. The van der Waals surface area contributed by atoms with Crippen LogP contribution in [0.15, 0.2) is 58.5 Å². The predicted molar refractivity (Wildman–Crippen MR) is 139 cm³/mol. The fourth-order valence-electron chi connectivity index (χ4n) is 4.28. The third-order valence-corrected chi connectivity index (χ3v) is 7.21. The Kier molecular flexibility index (Phi) is 7.90. The second-order valence-electron chi connectivity index (χ2n) is 8.94. The second kappa shape index (κ2) is 11.1. The van der Waals surface area contributed by atoms with Gasteiger partial charge in [0.05, 0.1) is 29.3 Å². The van der Waals surface area contributed by atoms with E-state index in [0.717, 1.165) is 24.7 Å². The molecule has 1 aromatic heterocycles. The molecule has 1 amide bonds. The molecule has 2 aromatic carbocycles. The van der Waals surface area contributed by atoms with Gasteiger partial charge >= 0.3 is 0 Å². The highest BCUT2D eigenvalue weighted by Crippen LogP contribution is 2.25. The van der Waals surface area contributed by atoms with Crippen LogP contribution < -0.4 is 15.8 Å². The van der Waals surface area contributed by atoms with E-state index < -0.39 is 0 Å². The molecule has 0 radical (unpaired) electrons. The first kappa shape index (κ1) is 24.3. The molecular formula is C26H32N4O3S. The zero-order chi connectivity index (χ0) is 24.1. The summed E-state index contributed by atoms with van der Waals surface area (Å²) < 4.78 is 6.89. The number of rotatable bonds is 8. The molecule has 1 N–H and O–H groups in total. The average molecular weight is 481 g/mol. The number of benzene rings is 2. The van der Waals surface area contributed by atoms with Crippen molar-refractivity contribution in [3.8, 4) is 0 Å². The van der Waals surface area contributed by atoms with E-state index in [1.807, 2.05) is 37.3 Å². The molecular weight excluding hydrogens is 448 g/mol. The maximum Gasteiger partial charge on any atom is 0.262 e. The van der Waals surface area contributed by atoms with Gasteiger partial charge in [-0.3, -0.25) is 14.2 Å². The van der Waals surface area contributed by atoms with Crippen molar-refractivity contribution >= 4 is 39.9 Å². The number of fused-ring (bicyclic) bond motifs is 1. The molecule has 1 saturated heterocycles. The van der Waals surface area contributed by atoms with Crippen LogP contribution in [0.3, 0.4) is 0 Å². The minimum Gasteiger partial charge on any atom is -0.383 e. The maximum absolute atomic E-state index is 13.1. The van der Waals surface area contributed by atoms with Crippen LogP contribution in [0, 0.1) is 5.92 Å². The molecule has 180 valence electrons. The summed E-state index contributed by atoms with van der Waals surface area (Å²) in [5.41, 5.74) is 2.45. The largest absolute Gasteiger partial charge is 0.383 e. The van der Waals surface area contributed by atoms with Crippen LogP contribution in [0.5, 0.6) is 0 Å². The number of amides is 1. The summed E-state index contributed by atoms with van der Waals surface area (Å²) in [6.07, 6.45) is 2.43. The normalized spacial score (nSPS) is 15.4. The number of methoxy groups -OCH3 is 1. The number of para-hydroxylation sites is 1. The molecule has 4 rings (SSSR count). The van der Waals surface area contributed by atoms with E-state index in [1.165, 1.54) is 30.3 Å². The molecule has 0 saturated carbocycles. The molecule has 1 fully saturated rings. The SMILES string of the molecule is COC[C@H](C)n1c(SCC(=O)Nc2ccc(N3CCC(C)CC3)cc2)nc2ccccc2c1=O. The predicted octanol–water partition coefficient (Wildman–Crippen LogP) is 4.57. The highest BCUT2D eigenvalue weighted by atomic mass is 32.2. The number of aromatic nitrogens is 2. The first-order valence-electron chi connectivity index (χ1n) is 11.7. The second-order valence-corrected chi connectivity index (χ2v) is 9.89. The van der Waals surface area contributed by atoms with Gasteiger partial charge in [-0.2, -0.15) is 0 Å². The molecule has 3 aromatic rings. The van der Waals surface area contributed by atoms with Gasteiger partial charge in [-0.05, 0) is 62.1 Å². The molecule has 0 aliphatic carbocycles. The Labute approximate surface area is 204 Å². The zero-order valence-electron chi connectivity index (χ0n) is 20.0. The number of anilines is 2. The summed E-state index contributed by atoms with van der Waals surface area (Å²) in [7, 11) is 1.60. The Bertz CT molecular complexity index is 1190. The molecule has 0 unspecified atom stereocenters. The lowest BCUT2D eigenvalue weighted by atomic mass is 9.99. The van der Waals surface area contributed by atoms with Crippen molar-refractivity contribution < 1.29 is 9.53 Å². The molecule has 7 nitrogen and oxygen atoms in total. The van der Waals surface area contributed by atoms with Crippen LogP contribution in [-0.4, -0.2) is 48.0 Å². The number of nitrogens with one attached hydrogen (secondary N) is 1. The van der Waals surface area contributed by atoms with E-state index in [-0.39, 0.29) is 23.3 Å². The van der Waals surface area contributed by atoms with Crippen LogP contribution >= 0.6 is 11.8 Å². The summed E-state index contributed by atoms with van der Waals surface area (Å²) in [5, 5.41) is 4.03. The summed E-state index contributed by atoms with van der Waals surface area (Å²) in [4.78, 5) is 32.9. The van der Waals surface area contributed by atoms with E-state index in [9.17, 15) is 9.59 Å². The van der Waals surface area contributed by atoms with Crippen molar-refractivity contribution in [3.05, 3.63) is 58.9 Å². The van der Waals surface area contributed by atoms with E-state index in [2.05, 4.69) is 34.3 Å². The minimum atomic E-state index is -0.203. The van der Waals surface area contributed by atoms with Crippen LogP contribution in [0.1, 0.15) is 32.7 Å². The topological polar surface area (TPSA) is 76.5 Å². The van der Waals surface area contributed by atoms with Crippen LogP contribution in [0.4, 0.5) is 11.4 Å². The van der Waals surface area contributed by atoms with Gasteiger partial charge in [-0.15, -0.1) is 0 Å². The van der Waals surface area contributed by atoms with Gasteiger partial charge in [0.1, 0.15) is 0 Å². The quantitative estimate of drug-likeness (QED) is 0.376. The van der Waals surface area contributed by atoms with Crippen molar-refractivity contribution in [2.75, 3.05) is 42.8 Å². The number of hydrogen-bond acceptors (Lipinski definition) is 6. The Morgan fingerprint density at radius 2 is 1.88 bits per heavy atom. The lowest BCUT2D eigenvalue weighted by Gasteiger charge is -2.32. The van der Waals surface area contributed by atoms with Crippen LogP contribution in [-0.2, 0) is 9.53 Å². The summed E-state index contributed by atoms with van der Waals surface area (Å²) in [6.45, 7) is 6.74. The van der Waals surface area contributed by atoms with Gasteiger partial charge in [0, 0.05) is 31.6 Å². The van der Waals surface area contributed by atoms with E-state index in [0.29, 0.717) is 22.7 Å². The monoisotopic (exact) mass is 480 g/mol. The fraction of sp³-hybridized carbons (Fsp3) is 0.423. The van der Waals surface area contributed by atoms with E-state index in [1.54, 1.807) is 17.7 Å². The number of nitrogens with zero attached hydrogens (tertiary/aromatic N) is 3. The maximum atomic E-state index is 13.1. The third kappa shape index (κ3) is 5.62. The average Bonchev–Trinajstić information content (AvgIpc) is 2.84. The molecule has 2 heterocycles. The molecule has 1 aliphatic rings. The van der Waals surface area contributed by atoms with Gasteiger partial charge in [0.2, 0.25) is 5.91 Å². The van der Waals surface area contributed by atoms with Gasteiger partial charge in [0.25, 0.3) is 5.56 Å². The molecule has 1 aliphatic heterocycles. The number of ether oxygens (including phenoxy) is 1. The van der Waals surface area contributed by atoms with Gasteiger partial charge in [0.15, 0.2) is 5.16 Å². The lowest BCUT2D eigenvalue weighted by Crippen LogP contribution is -2.32. The molecule has 0 bridgehead atoms. The Morgan fingerprint density at radius 3 is 2.59 bits per heavy atom. The van der Waals surface area contributed by atoms with Crippen LogP contribution in [0.25, 0.3) is 10.9 Å². The fourth-order valence-corrected chi connectivity index (χ4v) is 5.18. The summed E-state index contributed by atoms with van der Waals surface area (Å²) in [6, 6.07) is 15.1. The Hall–Kier alpha value is -2.84. The molecule has 0 spiro atoms. The van der Waals surface area contributed by atoms with Gasteiger partial charge < -0.3 is 15.0 Å². The Balaban J connectivity index is 1.44. The minimum absolute atomic E-state index is 0.124. The summed E-state index contributed by atoms with van der Waals surface area (Å²) in [5.74, 6) is 0.798. The third-order valence-electron chi connectivity index (χ3n) is 6.26. The van der Waals surface area contributed by atoms with Crippen molar-refractivity contribution in [2.24, 2.45) is 5.92 Å². The highest BCUT2D eigenvalue weighted by molar-refractivity contribution is 7.99. The Morgan fingerprint density at radius 1 is 1.18 bits per heavy atom. The van der Waals surface area contributed by atoms with E-state index >= 15 is 0 Å². The first-order chi connectivity index (χ1) is 16.5. The van der Waals surface area contributed by atoms with E-state index in [4.69, 9.17) is 4.74 Å². The van der Waals surface area contributed by atoms with Crippen LogP contribution in [0.2, 0.25) is 0 Å². The number of hydrogen-bond donors (Lipinski definition) is 1. The van der Waals surface area contributed by atoms with Gasteiger partial charge in [-0.25, -0.2) is 4.98 Å². The zero-order valence-corrected chi connectivity index (χ0v) is 20.8. The number of piperidine rings is 1. The standard InChI is InChI=1S/C26H32N4O3S/c1-18-12-14-29(15-13-18)21-10-8-20(9-11-21)27-24(31)17-34-26-28-23-7-5-4-6-22(23)25(32)30(26)19(2)16-33-3/h4-11,18-19H,12-17H2,1-3H3,(H,27,31)/t19-/m0/s1. The lowest BCUT2D eigenvalue weighted by molar-refractivity contribution is -0.113. The molecule has 8 heteroatoms. The van der Waals surface area contributed by atoms with Crippen molar-refractivity contribution in [1.29, 1.82) is 0 Å². The number of carbonyl (C=O) groups excluding carboxylic acids is 1. The van der Waals surface area contributed by atoms with Crippen molar-refractivity contribution in [1.82, 2.24) is 9.55 Å². The number of thioether (sulfide) groups is 1. The van der Waals surface area contributed by atoms with Crippen molar-refractivity contribution in [3.63, 3.8) is 0 Å². The summed E-state index contributed by atoms with van der Waals surface area (Å²) >= 11 is 1.26. The van der Waals surface area contributed by atoms with Gasteiger partial charge in [-0.1, -0.05) is 30.8 Å². The first-order valence-corrected chi connectivity index (χ1v) is 12.7.